The smallest absolute Gasteiger partial charge is 0.246 e. The van der Waals surface area contributed by atoms with Crippen molar-refractivity contribution in [3.05, 3.63) is 35.4 Å². The molecule has 3 N–H and O–H groups in total. The van der Waals surface area contributed by atoms with E-state index in [1.165, 1.54) is 11.1 Å². The highest BCUT2D eigenvalue weighted by Gasteiger charge is 2.51. The lowest BCUT2D eigenvalue weighted by Gasteiger charge is -2.36. The van der Waals surface area contributed by atoms with Crippen molar-refractivity contribution in [1.82, 2.24) is 20.9 Å². The van der Waals surface area contributed by atoms with Crippen LogP contribution in [0.1, 0.15) is 69.0 Å². The van der Waals surface area contributed by atoms with Gasteiger partial charge in [-0.1, -0.05) is 24.3 Å². The first-order valence-electron chi connectivity index (χ1n) is 12.6. The van der Waals surface area contributed by atoms with Crippen LogP contribution >= 0.6 is 0 Å². The maximum Gasteiger partial charge on any atom is 0.246 e. The average Bonchev–Trinajstić information content (AvgIpc) is 3.40. The monoisotopic (exact) mass is 452 g/mol. The van der Waals surface area contributed by atoms with E-state index in [0.29, 0.717) is 24.7 Å². The molecule has 7 heteroatoms. The van der Waals surface area contributed by atoms with Gasteiger partial charge in [-0.2, -0.15) is 0 Å². The van der Waals surface area contributed by atoms with E-state index in [-0.39, 0.29) is 35.8 Å². The van der Waals surface area contributed by atoms with Crippen molar-refractivity contribution >= 4 is 17.7 Å². The van der Waals surface area contributed by atoms with Crippen molar-refractivity contribution in [2.45, 2.75) is 88.5 Å². The van der Waals surface area contributed by atoms with Gasteiger partial charge in [0.1, 0.15) is 12.1 Å². The lowest BCUT2D eigenvalue weighted by Crippen LogP contribution is -2.58. The second-order valence-electron chi connectivity index (χ2n) is 10.4. The van der Waals surface area contributed by atoms with E-state index in [9.17, 15) is 14.4 Å². The summed E-state index contributed by atoms with van der Waals surface area (Å²) in [7, 11) is 1.74. The molecular weight excluding hydrogens is 416 g/mol. The van der Waals surface area contributed by atoms with Crippen LogP contribution in [0.5, 0.6) is 0 Å². The van der Waals surface area contributed by atoms with Crippen molar-refractivity contribution in [2.75, 3.05) is 7.05 Å². The van der Waals surface area contributed by atoms with Gasteiger partial charge in [-0.15, -0.1) is 0 Å². The molecule has 0 spiro atoms. The summed E-state index contributed by atoms with van der Waals surface area (Å²) in [6.07, 6.45) is 7.38. The Balaban J connectivity index is 1.33. The number of benzene rings is 1. The Morgan fingerprint density at radius 2 is 1.79 bits per heavy atom. The van der Waals surface area contributed by atoms with Crippen LogP contribution < -0.4 is 16.0 Å². The molecule has 7 nitrogen and oxygen atoms in total. The molecule has 4 aliphatic rings. The number of hydrogen-bond donors (Lipinski definition) is 3. The minimum atomic E-state index is -0.546. The number of rotatable bonds is 5. The van der Waals surface area contributed by atoms with E-state index in [1.807, 2.05) is 11.0 Å². The molecule has 178 valence electrons. The normalized spacial score (nSPS) is 33.6. The SMILES string of the molecule is CN[C@@H](C)C(=O)N[C@H]1C[C@H]2C[C@H]2C[C@H]2CC[C@@H](C(=O)N[C@@H]3CCCc4ccccc43)N2C1=O. The van der Waals surface area contributed by atoms with Crippen molar-refractivity contribution in [1.29, 1.82) is 0 Å². The molecule has 33 heavy (non-hydrogen) atoms. The lowest BCUT2D eigenvalue weighted by atomic mass is 9.87. The summed E-state index contributed by atoms with van der Waals surface area (Å²) in [6.45, 7) is 1.79. The quantitative estimate of drug-likeness (QED) is 0.638. The Labute approximate surface area is 196 Å². The average molecular weight is 453 g/mol. The summed E-state index contributed by atoms with van der Waals surface area (Å²) in [4.78, 5) is 41.6. The molecule has 2 saturated heterocycles. The van der Waals surface area contributed by atoms with Crippen LogP contribution in [-0.2, 0) is 20.8 Å². The first kappa shape index (κ1) is 22.4. The van der Waals surface area contributed by atoms with E-state index in [4.69, 9.17) is 0 Å². The van der Waals surface area contributed by atoms with Gasteiger partial charge >= 0.3 is 0 Å². The fourth-order valence-corrected chi connectivity index (χ4v) is 6.25. The standard InChI is InChI=1S/C26H36N4O3/c1-15(27-2)24(31)29-22-14-18-12-17(18)13-19-10-11-23(30(19)26(22)33)25(32)28-21-9-5-7-16-6-3-4-8-20(16)21/h3-4,6,8,15,17-19,21-23,27H,5,7,9-14H2,1-2H3,(H,28,32)(H,29,31)/t15-,17-,18+,19+,21+,22-,23-/m0/s1. The highest BCUT2D eigenvalue weighted by Crippen LogP contribution is 2.49. The van der Waals surface area contributed by atoms with Gasteiger partial charge in [-0.05, 0) is 88.3 Å². The maximum atomic E-state index is 13.7. The van der Waals surface area contributed by atoms with Crippen LogP contribution in [0.3, 0.4) is 0 Å². The Hall–Kier alpha value is -2.41. The van der Waals surface area contributed by atoms with E-state index in [0.717, 1.165) is 38.5 Å². The molecule has 0 radical (unpaired) electrons. The van der Waals surface area contributed by atoms with Crippen LogP contribution in [0.25, 0.3) is 0 Å². The molecule has 3 fully saturated rings. The number of hydrogen-bond acceptors (Lipinski definition) is 4. The molecule has 0 aromatic heterocycles. The fourth-order valence-electron chi connectivity index (χ4n) is 6.25. The zero-order chi connectivity index (χ0) is 23.1. The second-order valence-corrected chi connectivity index (χ2v) is 10.4. The lowest BCUT2D eigenvalue weighted by molar-refractivity contribution is -0.144. The Morgan fingerprint density at radius 1 is 1.00 bits per heavy atom. The number of amides is 3. The van der Waals surface area contributed by atoms with Crippen LogP contribution in [0.2, 0.25) is 0 Å². The number of fused-ring (bicyclic) bond motifs is 3. The van der Waals surface area contributed by atoms with Gasteiger partial charge in [0.2, 0.25) is 17.7 Å². The molecule has 2 heterocycles. The second kappa shape index (κ2) is 9.09. The van der Waals surface area contributed by atoms with Gasteiger partial charge in [0.05, 0.1) is 12.1 Å². The predicted octanol–water partition coefficient (Wildman–Crippen LogP) is 2.06. The van der Waals surface area contributed by atoms with Crippen LogP contribution in [0.4, 0.5) is 0 Å². The zero-order valence-corrected chi connectivity index (χ0v) is 19.7. The summed E-state index contributed by atoms with van der Waals surface area (Å²) >= 11 is 0. The minimum absolute atomic E-state index is 0.00569. The van der Waals surface area contributed by atoms with Gasteiger partial charge in [-0.3, -0.25) is 14.4 Å². The third kappa shape index (κ3) is 4.39. The molecule has 1 saturated carbocycles. The van der Waals surface area contributed by atoms with Gasteiger partial charge in [0.15, 0.2) is 0 Å². The molecule has 0 bridgehead atoms. The van der Waals surface area contributed by atoms with Crippen LogP contribution in [-0.4, -0.2) is 53.8 Å². The summed E-state index contributed by atoms with van der Waals surface area (Å²) < 4.78 is 0. The molecular formula is C26H36N4O3. The third-order valence-electron chi connectivity index (χ3n) is 8.37. The molecule has 1 aromatic rings. The Kier molecular flexibility index (Phi) is 6.16. The topological polar surface area (TPSA) is 90.5 Å². The summed E-state index contributed by atoms with van der Waals surface area (Å²) in [6, 6.07) is 7.09. The zero-order valence-electron chi connectivity index (χ0n) is 19.7. The Morgan fingerprint density at radius 3 is 2.61 bits per heavy atom. The van der Waals surface area contributed by atoms with Gasteiger partial charge < -0.3 is 20.9 Å². The van der Waals surface area contributed by atoms with Gasteiger partial charge in [0, 0.05) is 6.04 Å². The Bertz CT molecular complexity index is 934. The molecule has 7 atom stereocenters. The van der Waals surface area contributed by atoms with Crippen molar-refractivity contribution in [2.24, 2.45) is 11.8 Å². The number of nitrogens with one attached hydrogen (secondary N) is 3. The van der Waals surface area contributed by atoms with E-state index >= 15 is 0 Å². The molecule has 5 rings (SSSR count). The highest BCUT2D eigenvalue weighted by atomic mass is 16.2. The largest absolute Gasteiger partial charge is 0.347 e. The third-order valence-corrected chi connectivity index (χ3v) is 8.37. The molecule has 2 aliphatic heterocycles. The maximum absolute atomic E-state index is 13.7. The van der Waals surface area contributed by atoms with Crippen LogP contribution in [0.15, 0.2) is 24.3 Å². The fraction of sp³-hybridized carbons (Fsp3) is 0.654. The number of likely N-dealkylation sites (N-methyl/N-ethyl adjacent to an activating group) is 1. The van der Waals surface area contributed by atoms with Crippen molar-refractivity contribution < 1.29 is 14.4 Å². The molecule has 2 aliphatic carbocycles. The number of carbonyl (C=O) groups excluding carboxylic acids is 3. The van der Waals surface area contributed by atoms with Crippen molar-refractivity contribution in [3.63, 3.8) is 0 Å². The van der Waals surface area contributed by atoms with Crippen LogP contribution in [0, 0.1) is 11.8 Å². The summed E-state index contributed by atoms with van der Waals surface area (Å²) in [5, 5.41) is 9.21. The predicted molar refractivity (Wildman–Crippen MR) is 125 cm³/mol. The van der Waals surface area contributed by atoms with E-state index < -0.39 is 12.1 Å². The van der Waals surface area contributed by atoms with Gasteiger partial charge in [0.25, 0.3) is 0 Å². The summed E-state index contributed by atoms with van der Waals surface area (Å²) in [5.41, 5.74) is 2.51. The van der Waals surface area contributed by atoms with Crippen molar-refractivity contribution in [3.8, 4) is 0 Å². The van der Waals surface area contributed by atoms with E-state index in [2.05, 4.69) is 34.1 Å². The highest BCUT2D eigenvalue weighted by molar-refractivity contribution is 5.94. The number of aryl methyl sites for hydroxylation is 1. The molecule has 0 unspecified atom stereocenters. The molecule has 1 aromatic carbocycles. The first-order chi connectivity index (χ1) is 16.0. The van der Waals surface area contributed by atoms with E-state index in [1.54, 1.807) is 14.0 Å². The molecule has 3 amide bonds. The van der Waals surface area contributed by atoms with Gasteiger partial charge in [-0.25, -0.2) is 0 Å². The number of nitrogens with zero attached hydrogens (tertiary/aromatic N) is 1. The minimum Gasteiger partial charge on any atom is -0.347 e. The number of carbonyl (C=O) groups is 3. The first-order valence-corrected chi connectivity index (χ1v) is 12.6. The summed E-state index contributed by atoms with van der Waals surface area (Å²) in [5.74, 6) is 0.832.